The number of halogens is 3. The van der Waals surface area contributed by atoms with Gasteiger partial charge in [-0.25, -0.2) is 0 Å². The van der Waals surface area contributed by atoms with Crippen molar-refractivity contribution < 1.29 is 13.2 Å². The van der Waals surface area contributed by atoms with Crippen LogP contribution in [0.5, 0.6) is 0 Å². The van der Waals surface area contributed by atoms with Crippen molar-refractivity contribution in [2.24, 2.45) is 13.0 Å². The van der Waals surface area contributed by atoms with Crippen molar-refractivity contribution >= 4 is 17.4 Å². The van der Waals surface area contributed by atoms with Gasteiger partial charge in [-0.05, 0) is 62.4 Å². The molecule has 0 spiro atoms. The lowest BCUT2D eigenvalue weighted by molar-refractivity contribution is -0.137. The lowest BCUT2D eigenvalue weighted by Gasteiger charge is -2.27. The van der Waals surface area contributed by atoms with Gasteiger partial charge in [-0.3, -0.25) is 0 Å². The molecule has 0 unspecified atom stereocenters. The van der Waals surface area contributed by atoms with Crippen LogP contribution in [0.15, 0.2) is 29.4 Å². The standard InChI is InChI=1S/C25H34F3N5S/c1-31-23(18-6-3-2-4-7-18)29-30-24(31)34-15-5-13-32-16-19-12-14-33(22(19)17-32)21-10-8-20(9-11-21)25(26,27)28/h8-11,18-19,22H,2-7,12-17H2,1H3/t19-,22+/m0/s1. The van der Waals surface area contributed by atoms with Crippen molar-refractivity contribution in [2.75, 3.05) is 36.8 Å². The second-order valence-corrected chi connectivity index (χ2v) is 11.1. The normalized spacial score (nSPS) is 24.2. The molecule has 2 saturated heterocycles. The summed E-state index contributed by atoms with van der Waals surface area (Å²) in [6, 6.07) is 6.08. The SMILES string of the molecule is Cn1c(SCCCN2C[C@@H]3CCN(c4ccc(C(F)(F)F)cc4)[C@@H]3C2)nnc1C1CCCCC1. The minimum Gasteiger partial charge on any atom is -0.367 e. The molecule has 2 atom stereocenters. The molecule has 0 bridgehead atoms. The molecule has 5 nitrogen and oxygen atoms in total. The first-order valence-corrected chi connectivity index (χ1v) is 13.6. The molecular formula is C25H34F3N5S. The van der Waals surface area contributed by atoms with Crippen LogP contribution >= 0.6 is 11.8 Å². The summed E-state index contributed by atoms with van der Waals surface area (Å²) in [6.45, 7) is 4.06. The molecule has 2 aromatic rings. The Hall–Kier alpha value is -1.74. The number of benzene rings is 1. The van der Waals surface area contributed by atoms with E-state index in [0.717, 1.165) is 61.4 Å². The topological polar surface area (TPSA) is 37.2 Å². The number of thioether (sulfide) groups is 1. The Balaban J connectivity index is 1.09. The fourth-order valence-corrected chi connectivity index (χ4v) is 6.86. The Bertz CT molecular complexity index is 954. The third-order valence-corrected chi connectivity index (χ3v) is 8.94. The molecule has 2 aliphatic heterocycles. The molecule has 1 aliphatic carbocycles. The Kier molecular flexibility index (Phi) is 7.12. The highest BCUT2D eigenvalue weighted by Crippen LogP contribution is 2.37. The zero-order chi connectivity index (χ0) is 23.7. The summed E-state index contributed by atoms with van der Waals surface area (Å²) in [5.41, 5.74) is 0.334. The van der Waals surface area contributed by atoms with Gasteiger partial charge in [0.1, 0.15) is 5.82 Å². The number of hydrogen-bond donors (Lipinski definition) is 0. The van der Waals surface area contributed by atoms with E-state index in [1.807, 2.05) is 0 Å². The number of anilines is 1. The molecule has 34 heavy (non-hydrogen) atoms. The second kappa shape index (κ2) is 10.1. The average molecular weight is 494 g/mol. The van der Waals surface area contributed by atoms with Gasteiger partial charge in [0.15, 0.2) is 5.16 Å². The van der Waals surface area contributed by atoms with E-state index in [9.17, 15) is 13.2 Å². The number of fused-ring (bicyclic) bond motifs is 1. The van der Waals surface area contributed by atoms with Gasteiger partial charge in [-0.2, -0.15) is 13.2 Å². The van der Waals surface area contributed by atoms with Crippen LogP contribution < -0.4 is 4.90 Å². The summed E-state index contributed by atoms with van der Waals surface area (Å²) < 4.78 is 40.9. The van der Waals surface area contributed by atoms with Crippen LogP contribution in [0, 0.1) is 5.92 Å². The van der Waals surface area contributed by atoms with Crippen LogP contribution in [-0.4, -0.2) is 57.6 Å². The van der Waals surface area contributed by atoms with E-state index in [2.05, 4.69) is 31.6 Å². The van der Waals surface area contributed by atoms with Crippen LogP contribution in [0.25, 0.3) is 0 Å². The van der Waals surface area contributed by atoms with E-state index >= 15 is 0 Å². The minimum absolute atomic E-state index is 0.404. The van der Waals surface area contributed by atoms with Crippen molar-refractivity contribution in [3.63, 3.8) is 0 Å². The van der Waals surface area contributed by atoms with E-state index in [-0.39, 0.29) is 0 Å². The first kappa shape index (κ1) is 24.0. The highest BCUT2D eigenvalue weighted by Gasteiger charge is 2.41. The Morgan fingerprint density at radius 2 is 1.76 bits per heavy atom. The smallest absolute Gasteiger partial charge is 0.367 e. The van der Waals surface area contributed by atoms with Crippen molar-refractivity contribution in [3.05, 3.63) is 35.7 Å². The van der Waals surface area contributed by atoms with Crippen molar-refractivity contribution in [1.82, 2.24) is 19.7 Å². The van der Waals surface area contributed by atoms with Crippen molar-refractivity contribution in [2.45, 2.75) is 68.2 Å². The molecule has 9 heteroatoms. The summed E-state index contributed by atoms with van der Waals surface area (Å²) >= 11 is 1.80. The summed E-state index contributed by atoms with van der Waals surface area (Å²) in [5, 5.41) is 9.98. The molecule has 0 N–H and O–H groups in total. The maximum Gasteiger partial charge on any atom is 0.416 e. The zero-order valence-corrected chi connectivity index (χ0v) is 20.6. The lowest BCUT2D eigenvalue weighted by Crippen LogP contribution is -2.35. The van der Waals surface area contributed by atoms with Gasteiger partial charge >= 0.3 is 6.18 Å². The first-order valence-electron chi connectivity index (χ1n) is 12.6. The van der Waals surface area contributed by atoms with Gasteiger partial charge < -0.3 is 14.4 Å². The predicted octanol–water partition coefficient (Wildman–Crippen LogP) is 5.57. The van der Waals surface area contributed by atoms with E-state index < -0.39 is 11.7 Å². The molecule has 1 aromatic heterocycles. The summed E-state index contributed by atoms with van der Waals surface area (Å²) in [4.78, 5) is 4.84. The average Bonchev–Trinajstić information content (AvgIpc) is 3.51. The molecular weight excluding hydrogens is 459 g/mol. The van der Waals surface area contributed by atoms with E-state index in [0.29, 0.717) is 17.9 Å². The largest absolute Gasteiger partial charge is 0.416 e. The fourth-order valence-electron chi connectivity index (χ4n) is 6.01. The second-order valence-electron chi connectivity index (χ2n) is 10.1. The maximum absolute atomic E-state index is 12.9. The van der Waals surface area contributed by atoms with E-state index in [1.165, 1.54) is 44.2 Å². The third kappa shape index (κ3) is 5.10. The maximum atomic E-state index is 12.9. The summed E-state index contributed by atoms with van der Waals surface area (Å²) in [7, 11) is 2.10. The minimum atomic E-state index is -4.28. The van der Waals surface area contributed by atoms with Crippen molar-refractivity contribution in [1.29, 1.82) is 0 Å². The van der Waals surface area contributed by atoms with Crippen LogP contribution in [0.4, 0.5) is 18.9 Å². The predicted molar refractivity (Wildman–Crippen MR) is 129 cm³/mol. The fraction of sp³-hybridized carbons (Fsp3) is 0.680. The molecule has 5 rings (SSSR count). The molecule has 0 amide bonds. The lowest BCUT2D eigenvalue weighted by atomic mass is 9.89. The number of rotatable bonds is 7. The van der Waals surface area contributed by atoms with Crippen LogP contribution in [0.3, 0.4) is 0 Å². The zero-order valence-electron chi connectivity index (χ0n) is 19.8. The molecule has 3 heterocycles. The Labute approximate surface area is 204 Å². The number of aromatic nitrogens is 3. The third-order valence-electron chi connectivity index (χ3n) is 7.84. The quantitative estimate of drug-likeness (QED) is 0.372. The van der Waals surface area contributed by atoms with Gasteiger partial charge in [-0.15, -0.1) is 10.2 Å². The summed E-state index contributed by atoms with van der Waals surface area (Å²) in [5.74, 6) is 3.34. The Morgan fingerprint density at radius 1 is 1.00 bits per heavy atom. The molecule has 3 aliphatic rings. The van der Waals surface area contributed by atoms with Gasteiger partial charge in [-0.1, -0.05) is 31.0 Å². The van der Waals surface area contributed by atoms with Gasteiger partial charge in [0.05, 0.1) is 5.56 Å². The number of nitrogens with zero attached hydrogens (tertiary/aromatic N) is 5. The van der Waals surface area contributed by atoms with Crippen LogP contribution in [0.1, 0.15) is 62.3 Å². The number of likely N-dealkylation sites (tertiary alicyclic amines) is 1. The van der Waals surface area contributed by atoms with Crippen molar-refractivity contribution in [3.8, 4) is 0 Å². The Morgan fingerprint density at radius 3 is 2.50 bits per heavy atom. The van der Waals surface area contributed by atoms with E-state index in [1.54, 1.807) is 23.9 Å². The van der Waals surface area contributed by atoms with E-state index in [4.69, 9.17) is 0 Å². The number of alkyl halides is 3. The molecule has 1 aromatic carbocycles. The number of hydrogen-bond acceptors (Lipinski definition) is 5. The van der Waals surface area contributed by atoms with Gasteiger partial charge in [0.25, 0.3) is 0 Å². The van der Waals surface area contributed by atoms with Crippen LogP contribution in [-0.2, 0) is 13.2 Å². The van der Waals surface area contributed by atoms with Gasteiger partial charge in [0.2, 0.25) is 0 Å². The molecule has 186 valence electrons. The van der Waals surface area contributed by atoms with Gasteiger partial charge in [0, 0.05) is 50.1 Å². The molecule has 3 fully saturated rings. The molecule has 1 saturated carbocycles. The highest BCUT2D eigenvalue weighted by atomic mass is 32.2. The first-order chi connectivity index (χ1) is 16.4. The summed E-state index contributed by atoms with van der Waals surface area (Å²) in [6.07, 6.45) is 4.33. The molecule has 0 radical (unpaired) electrons. The van der Waals surface area contributed by atoms with Crippen LogP contribution in [0.2, 0.25) is 0 Å². The monoisotopic (exact) mass is 493 g/mol. The highest BCUT2D eigenvalue weighted by molar-refractivity contribution is 7.99.